The van der Waals surface area contributed by atoms with E-state index in [1.165, 1.54) is 0 Å². The molecule has 6 heteroatoms. The van der Waals surface area contributed by atoms with Gasteiger partial charge in [-0.05, 0) is 25.3 Å². The Morgan fingerprint density at radius 2 is 2.00 bits per heavy atom. The molecule has 0 aliphatic heterocycles. The average Bonchev–Trinajstić information content (AvgIpc) is 2.47. The highest BCUT2D eigenvalue weighted by Crippen LogP contribution is 2.18. The molecule has 0 aromatic carbocycles. The van der Waals surface area contributed by atoms with Gasteiger partial charge in [-0.2, -0.15) is 0 Å². The fourth-order valence-corrected chi connectivity index (χ4v) is 1.95. The second kappa shape index (κ2) is 6.97. The lowest BCUT2D eigenvalue weighted by Gasteiger charge is -2.10. The monoisotopic (exact) mass is 287 g/mol. The third-order valence-corrected chi connectivity index (χ3v) is 2.83. The molecule has 0 unspecified atom stereocenters. The van der Waals surface area contributed by atoms with E-state index in [2.05, 4.69) is 39.3 Å². The molecule has 2 rings (SSSR count). The third-order valence-electron chi connectivity index (χ3n) is 2.83. The number of methoxy groups -OCH3 is 1. The van der Waals surface area contributed by atoms with E-state index >= 15 is 0 Å². The van der Waals surface area contributed by atoms with Crippen molar-refractivity contribution in [1.82, 2.24) is 20.2 Å². The number of rotatable bonds is 6. The van der Waals surface area contributed by atoms with Crippen LogP contribution >= 0.6 is 0 Å². The van der Waals surface area contributed by atoms with E-state index in [0.717, 1.165) is 24.5 Å². The summed E-state index contributed by atoms with van der Waals surface area (Å²) in [5, 5.41) is 11.3. The lowest BCUT2D eigenvalue weighted by Crippen LogP contribution is -2.06. The molecule has 0 bridgehead atoms. The number of aromatic nitrogens is 4. The lowest BCUT2D eigenvalue weighted by atomic mass is 10.1. The van der Waals surface area contributed by atoms with Crippen molar-refractivity contribution in [2.45, 2.75) is 27.2 Å². The van der Waals surface area contributed by atoms with Crippen LogP contribution in [0.25, 0.3) is 11.5 Å². The Labute approximate surface area is 125 Å². The first-order valence-corrected chi connectivity index (χ1v) is 7.12. The zero-order valence-corrected chi connectivity index (χ0v) is 12.9. The van der Waals surface area contributed by atoms with Crippen molar-refractivity contribution in [1.29, 1.82) is 0 Å². The number of nitrogens with zero attached hydrogens (tertiary/aromatic N) is 4. The SMILES string of the molecule is CCNc1cc(CC(C)C)nc(-c2ccc(OC)nn2)n1. The second-order valence-corrected chi connectivity index (χ2v) is 5.16. The first kappa shape index (κ1) is 15.2. The van der Waals surface area contributed by atoms with Crippen LogP contribution in [0.3, 0.4) is 0 Å². The van der Waals surface area contributed by atoms with Gasteiger partial charge < -0.3 is 10.1 Å². The van der Waals surface area contributed by atoms with Gasteiger partial charge in [0, 0.05) is 24.4 Å². The summed E-state index contributed by atoms with van der Waals surface area (Å²) in [5.41, 5.74) is 1.64. The number of anilines is 1. The molecule has 2 heterocycles. The van der Waals surface area contributed by atoms with Crippen molar-refractivity contribution in [2.75, 3.05) is 19.0 Å². The fourth-order valence-electron chi connectivity index (χ4n) is 1.95. The molecule has 6 nitrogen and oxygen atoms in total. The van der Waals surface area contributed by atoms with Crippen molar-refractivity contribution < 1.29 is 4.74 Å². The number of hydrogen-bond acceptors (Lipinski definition) is 6. The number of ether oxygens (including phenoxy) is 1. The standard InChI is InChI=1S/C15H21N5O/c1-5-16-13-9-11(8-10(2)3)17-15(18-13)12-6-7-14(21-4)20-19-12/h6-7,9-10H,5,8H2,1-4H3,(H,16,17,18). The molecule has 2 aromatic rings. The Morgan fingerprint density at radius 1 is 1.19 bits per heavy atom. The van der Waals surface area contributed by atoms with Gasteiger partial charge in [0.25, 0.3) is 0 Å². The molecular formula is C15H21N5O. The molecule has 0 radical (unpaired) electrons. The van der Waals surface area contributed by atoms with Crippen LogP contribution in [0.5, 0.6) is 5.88 Å². The van der Waals surface area contributed by atoms with Crippen LogP contribution in [0.1, 0.15) is 26.5 Å². The van der Waals surface area contributed by atoms with E-state index in [0.29, 0.717) is 23.3 Å². The van der Waals surface area contributed by atoms with Crippen molar-refractivity contribution in [2.24, 2.45) is 5.92 Å². The van der Waals surface area contributed by atoms with Gasteiger partial charge in [0.05, 0.1) is 7.11 Å². The zero-order valence-electron chi connectivity index (χ0n) is 12.9. The molecule has 0 aliphatic carbocycles. The van der Waals surface area contributed by atoms with Gasteiger partial charge in [0.1, 0.15) is 11.5 Å². The Morgan fingerprint density at radius 3 is 2.57 bits per heavy atom. The summed E-state index contributed by atoms with van der Waals surface area (Å²) >= 11 is 0. The predicted octanol–water partition coefficient (Wildman–Crippen LogP) is 2.57. The van der Waals surface area contributed by atoms with Crippen LogP contribution in [0, 0.1) is 5.92 Å². The van der Waals surface area contributed by atoms with Crippen molar-refractivity contribution in [3.63, 3.8) is 0 Å². The van der Waals surface area contributed by atoms with E-state index in [1.807, 2.05) is 19.1 Å². The van der Waals surface area contributed by atoms with E-state index in [1.54, 1.807) is 13.2 Å². The molecule has 0 saturated carbocycles. The molecule has 112 valence electrons. The summed E-state index contributed by atoms with van der Waals surface area (Å²) < 4.78 is 5.02. The van der Waals surface area contributed by atoms with Crippen LogP contribution in [-0.2, 0) is 6.42 Å². The minimum absolute atomic E-state index is 0.476. The molecule has 2 aromatic heterocycles. The molecule has 1 N–H and O–H groups in total. The van der Waals surface area contributed by atoms with Crippen molar-refractivity contribution in [3.8, 4) is 17.4 Å². The molecule has 0 spiro atoms. The maximum atomic E-state index is 5.02. The van der Waals surface area contributed by atoms with E-state index in [4.69, 9.17) is 4.74 Å². The summed E-state index contributed by atoms with van der Waals surface area (Å²) in [5.74, 6) is 2.41. The Bertz CT molecular complexity index is 583. The summed E-state index contributed by atoms with van der Waals surface area (Å²) in [7, 11) is 1.56. The van der Waals surface area contributed by atoms with Crippen LogP contribution in [0.15, 0.2) is 18.2 Å². The molecular weight excluding hydrogens is 266 g/mol. The minimum Gasteiger partial charge on any atom is -0.480 e. The molecule has 0 aliphatic rings. The predicted molar refractivity (Wildman–Crippen MR) is 82.3 cm³/mol. The summed E-state index contributed by atoms with van der Waals surface area (Å²) in [4.78, 5) is 9.08. The molecule has 0 atom stereocenters. The van der Waals surface area contributed by atoms with Crippen LogP contribution in [0.2, 0.25) is 0 Å². The largest absolute Gasteiger partial charge is 0.480 e. The van der Waals surface area contributed by atoms with Crippen LogP contribution in [-0.4, -0.2) is 33.8 Å². The van der Waals surface area contributed by atoms with Crippen molar-refractivity contribution >= 4 is 5.82 Å². The number of nitrogens with one attached hydrogen (secondary N) is 1. The Hall–Kier alpha value is -2.24. The van der Waals surface area contributed by atoms with E-state index < -0.39 is 0 Å². The average molecular weight is 287 g/mol. The zero-order chi connectivity index (χ0) is 15.2. The highest BCUT2D eigenvalue weighted by Gasteiger charge is 2.10. The highest BCUT2D eigenvalue weighted by atomic mass is 16.5. The topological polar surface area (TPSA) is 72.8 Å². The van der Waals surface area contributed by atoms with Gasteiger partial charge >= 0.3 is 0 Å². The molecule has 0 amide bonds. The van der Waals surface area contributed by atoms with Gasteiger partial charge in [-0.1, -0.05) is 13.8 Å². The lowest BCUT2D eigenvalue weighted by molar-refractivity contribution is 0.392. The third kappa shape index (κ3) is 4.11. The summed E-state index contributed by atoms with van der Waals surface area (Å²) in [6.07, 6.45) is 0.900. The first-order valence-electron chi connectivity index (χ1n) is 7.12. The first-order chi connectivity index (χ1) is 10.1. The Balaban J connectivity index is 2.37. The smallest absolute Gasteiger partial charge is 0.233 e. The molecule has 0 fully saturated rings. The highest BCUT2D eigenvalue weighted by molar-refractivity contribution is 5.52. The molecule has 21 heavy (non-hydrogen) atoms. The van der Waals surface area contributed by atoms with Gasteiger partial charge in [0.2, 0.25) is 5.88 Å². The van der Waals surface area contributed by atoms with E-state index in [-0.39, 0.29) is 0 Å². The maximum Gasteiger partial charge on any atom is 0.233 e. The summed E-state index contributed by atoms with van der Waals surface area (Å²) in [6.45, 7) is 7.19. The van der Waals surface area contributed by atoms with E-state index in [9.17, 15) is 0 Å². The minimum atomic E-state index is 0.476. The normalized spacial score (nSPS) is 10.7. The fraction of sp³-hybridized carbons (Fsp3) is 0.467. The van der Waals surface area contributed by atoms with Gasteiger partial charge in [-0.25, -0.2) is 9.97 Å². The van der Waals surface area contributed by atoms with Crippen LogP contribution in [0.4, 0.5) is 5.82 Å². The number of hydrogen-bond donors (Lipinski definition) is 1. The van der Waals surface area contributed by atoms with Gasteiger partial charge in [-0.3, -0.25) is 0 Å². The summed E-state index contributed by atoms with van der Waals surface area (Å²) in [6, 6.07) is 5.56. The molecule has 0 saturated heterocycles. The van der Waals surface area contributed by atoms with Gasteiger partial charge in [-0.15, -0.1) is 10.2 Å². The maximum absolute atomic E-state index is 5.02. The second-order valence-electron chi connectivity index (χ2n) is 5.16. The van der Waals surface area contributed by atoms with Gasteiger partial charge in [0.15, 0.2) is 5.82 Å². The Kier molecular flexibility index (Phi) is 5.03. The van der Waals surface area contributed by atoms with Crippen molar-refractivity contribution in [3.05, 3.63) is 23.9 Å². The quantitative estimate of drug-likeness (QED) is 0.880. The van der Waals surface area contributed by atoms with Crippen LogP contribution < -0.4 is 10.1 Å².